The fourth-order valence-electron chi connectivity index (χ4n) is 3.43. The minimum absolute atomic E-state index is 0.0208. The third kappa shape index (κ3) is 2.54. The van der Waals surface area contributed by atoms with Crippen molar-refractivity contribution in [1.82, 2.24) is 0 Å². The van der Waals surface area contributed by atoms with Crippen LogP contribution in [-0.4, -0.2) is 47.2 Å². The lowest BCUT2D eigenvalue weighted by Gasteiger charge is -2.31. The van der Waals surface area contributed by atoms with Crippen LogP contribution >= 0.6 is 0 Å². The summed E-state index contributed by atoms with van der Waals surface area (Å²) in [6.45, 7) is 7.59. The maximum Gasteiger partial charge on any atom is 0.164 e. The second kappa shape index (κ2) is 4.40. The first-order valence-corrected chi connectivity index (χ1v) is 7.17. The minimum Gasteiger partial charge on any atom is -0.390 e. The van der Waals surface area contributed by atoms with Crippen LogP contribution in [0.3, 0.4) is 0 Å². The van der Waals surface area contributed by atoms with Gasteiger partial charge in [-0.05, 0) is 47.0 Å². The molecule has 3 aliphatic rings. The average molecular weight is 272 g/mol. The number of ether oxygens (including phenoxy) is 4. The Morgan fingerprint density at radius 3 is 2.11 bits per heavy atom. The minimum atomic E-state index is -0.679. The smallest absolute Gasteiger partial charge is 0.164 e. The van der Waals surface area contributed by atoms with E-state index >= 15 is 0 Å². The number of fused-ring (bicyclic) bond motifs is 3. The number of rotatable bonds is 0. The number of hydrogen-bond acceptors (Lipinski definition) is 5. The molecule has 0 amide bonds. The van der Waals surface area contributed by atoms with Gasteiger partial charge in [0.2, 0.25) is 0 Å². The first-order valence-electron chi connectivity index (χ1n) is 7.17. The SMILES string of the molecule is CC1(C)O[C@@H]2[C@@H](O1)[C@H](O)CCC[C@H]1OC(C)(C)O[C@@H]21. The molecule has 0 aromatic carbocycles. The van der Waals surface area contributed by atoms with Crippen LogP contribution in [0, 0.1) is 0 Å². The Bertz CT molecular complexity index is 354. The molecule has 0 aromatic heterocycles. The van der Waals surface area contributed by atoms with Gasteiger partial charge in [-0.3, -0.25) is 0 Å². The molecule has 5 atom stereocenters. The lowest BCUT2D eigenvalue weighted by atomic mass is 9.90. The Kier molecular flexibility index (Phi) is 3.19. The van der Waals surface area contributed by atoms with E-state index in [4.69, 9.17) is 18.9 Å². The highest BCUT2D eigenvalue weighted by Gasteiger charge is 2.55. The first-order chi connectivity index (χ1) is 8.77. The Hall–Kier alpha value is -0.200. The molecule has 2 aliphatic heterocycles. The number of hydrogen-bond donors (Lipinski definition) is 1. The van der Waals surface area contributed by atoms with Crippen LogP contribution in [0.4, 0.5) is 0 Å². The van der Waals surface area contributed by atoms with Crippen LogP contribution in [0.5, 0.6) is 0 Å². The van der Waals surface area contributed by atoms with Crippen molar-refractivity contribution < 1.29 is 24.1 Å². The first kappa shape index (κ1) is 13.8. The van der Waals surface area contributed by atoms with Crippen LogP contribution in [0.2, 0.25) is 0 Å². The summed E-state index contributed by atoms with van der Waals surface area (Å²) >= 11 is 0. The van der Waals surface area contributed by atoms with Gasteiger partial charge in [0.05, 0.1) is 12.2 Å². The van der Waals surface area contributed by atoms with E-state index in [1.54, 1.807) is 0 Å². The maximum absolute atomic E-state index is 10.3. The van der Waals surface area contributed by atoms with Crippen molar-refractivity contribution in [3.63, 3.8) is 0 Å². The van der Waals surface area contributed by atoms with Crippen molar-refractivity contribution >= 4 is 0 Å². The largest absolute Gasteiger partial charge is 0.390 e. The molecule has 1 N–H and O–H groups in total. The molecule has 3 rings (SSSR count). The Balaban J connectivity index is 1.87. The lowest BCUT2D eigenvalue weighted by molar-refractivity contribution is -0.175. The number of aliphatic hydroxyl groups excluding tert-OH is 1. The molecule has 3 fully saturated rings. The fourth-order valence-corrected chi connectivity index (χ4v) is 3.43. The molecule has 1 saturated carbocycles. The van der Waals surface area contributed by atoms with E-state index in [2.05, 4.69) is 0 Å². The molecule has 2 saturated heterocycles. The summed E-state index contributed by atoms with van der Waals surface area (Å²) < 4.78 is 23.8. The van der Waals surface area contributed by atoms with Gasteiger partial charge in [-0.25, -0.2) is 0 Å². The van der Waals surface area contributed by atoms with Crippen molar-refractivity contribution in [1.29, 1.82) is 0 Å². The zero-order valence-corrected chi connectivity index (χ0v) is 12.1. The second-order valence-electron chi connectivity index (χ2n) is 6.70. The van der Waals surface area contributed by atoms with E-state index in [1.807, 2.05) is 27.7 Å². The average Bonchev–Trinajstić information content (AvgIpc) is 2.74. The van der Waals surface area contributed by atoms with Gasteiger partial charge in [0.25, 0.3) is 0 Å². The topological polar surface area (TPSA) is 57.2 Å². The highest BCUT2D eigenvalue weighted by Crippen LogP contribution is 2.42. The van der Waals surface area contributed by atoms with Gasteiger partial charge >= 0.3 is 0 Å². The van der Waals surface area contributed by atoms with E-state index in [9.17, 15) is 5.11 Å². The summed E-state index contributed by atoms with van der Waals surface area (Å²) in [4.78, 5) is 0. The van der Waals surface area contributed by atoms with Gasteiger partial charge in [-0.1, -0.05) is 0 Å². The molecule has 110 valence electrons. The molecule has 19 heavy (non-hydrogen) atoms. The maximum atomic E-state index is 10.3. The molecule has 0 spiro atoms. The summed E-state index contributed by atoms with van der Waals surface area (Å²) in [7, 11) is 0. The fraction of sp³-hybridized carbons (Fsp3) is 1.00. The molecule has 5 heteroatoms. The predicted molar refractivity (Wildman–Crippen MR) is 67.5 cm³/mol. The van der Waals surface area contributed by atoms with Crippen LogP contribution < -0.4 is 0 Å². The van der Waals surface area contributed by atoms with Crippen LogP contribution in [0.15, 0.2) is 0 Å². The van der Waals surface area contributed by atoms with Crippen LogP contribution in [0.25, 0.3) is 0 Å². The molecule has 0 bridgehead atoms. The Labute approximate surface area is 114 Å². The summed E-state index contributed by atoms with van der Waals surface area (Å²) in [6.07, 6.45) is 1.27. The Morgan fingerprint density at radius 2 is 1.37 bits per heavy atom. The van der Waals surface area contributed by atoms with Crippen molar-refractivity contribution in [3.05, 3.63) is 0 Å². The van der Waals surface area contributed by atoms with E-state index < -0.39 is 17.7 Å². The standard InChI is InChI=1S/C14H24O5/c1-13(2)16-9-7-5-6-8(15)10-12(11(9)18-13)19-14(3,4)17-10/h8-12,15H,5-7H2,1-4H3/t8-,9-,10+,11-,12-/m1/s1. The molecule has 5 nitrogen and oxygen atoms in total. The third-order valence-electron chi connectivity index (χ3n) is 4.08. The van der Waals surface area contributed by atoms with Crippen molar-refractivity contribution in [3.8, 4) is 0 Å². The highest BCUT2D eigenvalue weighted by atomic mass is 16.8. The molecule has 0 radical (unpaired) electrons. The van der Waals surface area contributed by atoms with E-state index in [0.717, 1.165) is 12.8 Å². The van der Waals surface area contributed by atoms with E-state index in [1.165, 1.54) is 0 Å². The van der Waals surface area contributed by atoms with Crippen LogP contribution in [-0.2, 0) is 18.9 Å². The van der Waals surface area contributed by atoms with Gasteiger partial charge in [0, 0.05) is 0 Å². The normalized spacial score (nSPS) is 48.2. The van der Waals surface area contributed by atoms with Gasteiger partial charge in [0.1, 0.15) is 18.3 Å². The van der Waals surface area contributed by atoms with E-state index in [0.29, 0.717) is 6.42 Å². The highest BCUT2D eigenvalue weighted by molar-refractivity contribution is 4.99. The monoisotopic (exact) mass is 272 g/mol. The zero-order valence-electron chi connectivity index (χ0n) is 12.1. The van der Waals surface area contributed by atoms with Gasteiger partial charge in [-0.2, -0.15) is 0 Å². The molecular formula is C14H24O5. The zero-order chi connectivity index (χ0) is 13.8. The third-order valence-corrected chi connectivity index (χ3v) is 4.08. The van der Waals surface area contributed by atoms with E-state index in [-0.39, 0.29) is 24.4 Å². The molecule has 1 aliphatic carbocycles. The quantitative estimate of drug-likeness (QED) is 0.725. The van der Waals surface area contributed by atoms with Crippen molar-refractivity contribution in [2.24, 2.45) is 0 Å². The molecular weight excluding hydrogens is 248 g/mol. The molecule has 2 heterocycles. The summed E-state index contributed by atoms with van der Waals surface area (Å²) in [5.41, 5.74) is 0. The summed E-state index contributed by atoms with van der Waals surface area (Å²) in [5.74, 6) is -1.27. The summed E-state index contributed by atoms with van der Waals surface area (Å²) in [6, 6.07) is 0. The predicted octanol–water partition coefficient (Wildman–Crippen LogP) is 1.57. The van der Waals surface area contributed by atoms with Crippen LogP contribution in [0.1, 0.15) is 47.0 Å². The van der Waals surface area contributed by atoms with Gasteiger partial charge in [-0.15, -0.1) is 0 Å². The van der Waals surface area contributed by atoms with Gasteiger partial charge in [0.15, 0.2) is 11.6 Å². The molecule has 0 unspecified atom stereocenters. The van der Waals surface area contributed by atoms with Crippen molar-refractivity contribution in [2.45, 2.75) is 89.1 Å². The molecule has 0 aromatic rings. The Morgan fingerprint density at radius 1 is 0.789 bits per heavy atom. The second-order valence-corrected chi connectivity index (χ2v) is 6.70. The summed E-state index contributed by atoms with van der Waals surface area (Å²) in [5, 5.41) is 10.3. The lowest BCUT2D eigenvalue weighted by Crippen LogP contribution is -2.48. The number of aliphatic hydroxyl groups is 1. The van der Waals surface area contributed by atoms with Crippen molar-refractivity contribution in [2.75, 3.05) is 0 Å². The van der Waals surface area contributed by atoms with Gasteiger partial charge < -0.3 is 24.1 Å².